The molecule has 1 fully saturated rings. The molecule has 1 saturated heterocycles. The fraction of sp³-hybridized carbons (Fsp3) is 0.474. The molecule has 1 unspecified atom stereocenters. The Morgan fingerprint density at radius 1 is 1.22 bits per heavy atom. The fourth-order valence-electron chi connectivity index (χ4n) is 3.21. The van der Waals surface area contributed by atoms with Gasteiger partial charge >= 0.3 is 0 Å². The summed E-state index contributed by atoms with van der Waals surface area (Å²) in [5.41, 5.74) is 0.823. The molecule has 0 bridgehead atoms. The highest BCUT2D eigenvalue weighted by Gasteiger charge is 2.33. The Kier molecular flexibility index (Phi) is 5.96. The van der Waals surface area contributed by atoms with Gasteiger partial charge in [-0.15, -0.1) is 0 Å². The van der Waals surface area contributed by atoms with Crippen molar-refractivity contribution in [2.45, 2.75) is 44.6 Å². The number of piperidine rings is 1. The lowest BCUT2D eigenvalue weighted by atomic mass is 10.1. The summed E-state index contributed by atoms with van der Waals surface area (Å²) < 4.78 is 39.3. The first-order chi connectivity index (χ1) is 12.9. The molecule has 2 aromatic rings. The highest BCUT2D eigenvalue weighted by Crippen LogP contribution is 2.29. The van der Waals surface area contributed by atoms with Gasteiger partial charge in [0.25, 0.3) is 0 Å². The Balaban J connectivity index is 1.79. The van der Waals surface area contributed by atoms with Crippen LogP contribution in [0, 0.1) is 13.8 Å². The fourth-order valence-corrected chi connectivity index (χ4v) is 4.85. The van der Waals surface area contributed by atoms with E-state index >= 15 is 0 Å². The van der Waals surface area contributed by atoms with Gasteiger partial charge in [0, 0.05) is 18.3 Å². The monoisotopic (exact) mass is 391 g/mol. The lowest BCUT2D eigenvalue weighted by molar-refractivity contribution is 0.124. The number of para-hydroxylation sites is 1. The highest BCUT2D eigenvalue weighted by atomic mass is 32.2. The van der Waals surface area contributed by atoms with Crippen molar-refractivity contribution >= 4 is 10.0 Å². The van der Waals surface area contributed by atoms with Crippen LogP contribution in [0.2, 0.25) is 0 Å². The summed E-state index contributed by atoms with van der Waals surface area (Å²) in [6.07, 6.45) is 1.26. The van der Waals surface area contributed by atoms with E-state index in [-0.39, 0.29) is 17.5 Å². The maximum absolute atomic E-state index is 13.2. The molecule has 1 aromatic heterocycles. The Bertz CT molecular complexity index is 881. The number of benzene rings is 1. The van der Waals surface area contributed by atoms with Gasteiger partial charge in [0.2, 0.25) is 15.9 Å². The Hall–Kier alpha value is -2.19. The van der Waals surface area contributed by atoms with E-state index in [9.17, 15) is 8.42 Å². The Morgan fingerprint density at radius 3 is 2.74 bits per heavy atom. The average Bonchev–Trinajstić information content (AvgIpc) is 2.62. The van der Waals surface area contributed by atoms with Crippen LogP contribution in [0.5, 0.6) is 11.6 Å². The van der Waals surface area contributed by atoms with Gasteiger partial charge in [0.05, 0.1) is 13.2 Å². The molecular formula is C19H25N3O4S. The molecule has 0 amide bonds. The topological polar surface area (TPSA) is 81.6 Å². The van der Waals surface area contributed by atoms with Crippen molar-refractivity contribution in [1.29, 1.82) is 0 Å². The molecule has 146 valence electrons. The summed E-state index contributed by atoms with van der Waals surface area (Å²) in [7, 11) is -3.66. The minimum absolute atomic E-state index is 0.196. The van der Waals surface area contributed by atoms with Crippen LogP contribution >= 0.6 is 0 Å². The molecule has 7 nitrogen and oxygen atoms in total. The maximum atomic E-state index is 13.2. The number of hydrogen-bond donors (Lipinski definition) is 0. The van der Waals surface area contributed by atoms with Crippen LogP contribution in [0.3, 0.4) is 0 Å². The van der Waals surface area contributed by atoms with Gasteiger partial charge in [0.15, 0.2) is 0 Å². The number of rotatable bonds is 6. The van der Waals surface area contributed by atoms with Crippen molar-refractivity contribution in [2.24, 2.45) is 0 Å². The van der Waals surface area contributed by atoms with Crippen LogP contribution in [0.15, 0.2) is 35.2 Å². The lowest BCUT2D eigenvalue weighted by Gasteiger charge is -2.32. The van der Waals surface area contributed by atoms with Gasteiger partial charge in [-0.3, -0.25) is 0 Å². The first-order valence-electron chi connectivity index (χ1n) is 9.11. The summed E-state index contributed by atoms with van der Waals surface area (Å²) in [5, 5.41) is 0. The van der Waals surface area contributed by atoms with Crippen LogP contribution in [0.1, 0.15) is 31.3 Å². The third-order valence-corrected chi connectivity index (χ3v) is 6.24. The van der Waals surface area contributed by atoms with E-state index in [0.717, 1.165) is 18.5 Å². The van der Waals surface area contributed by atoms with Crippen LogP contribution in [-0.2, 0) is 10.0 Å². The molecular weight excluding hydrogens is 366 g/mol. The minimum atomic E-state index is -3.66. The van der Waals surface area contributed by atoms with Crippen molar-refractivity contribution < 1.29 is 17.9 Å². The zero-order valence-corrected chi connectivity index (χ0v) is 16.7. The third kappa shape index (κ3) is 4.56. The van der Waals surface area contributed by atoms with Crippen molar-refractivity contribution in [3.63, 3.8) is 0 Å². The van der Waals surface area contributed by atoms with Crippen LogP contribution in [0.4, 0.5) is 0 Å². The number of aromatic nitrogens is 2. The van der Waals surface area contributed by atoms with Crippen LogP contribution < -0.4 is 9.47 Å². The molecule has 0 spiro atoms. The number of aryl methyl sites for hydroxylation is 2. The van der Waals surface area contributed by atoms with Gasteiger partial charge in [-0.1, -0.05) is 12.1 Å². The number of hydrogen-bond acceptors (Lipinski definition) is 6. The molecule has 8 heteroatoms. The van der Waals surface area contributed by atoms with E-state index in [1.165, 1.54) is 4.31 Å². The molecule has 1 aliphatic heterocycles. The molecule has 1 aromatic carbocycles. The van der Waals surface area contributed by atoms with Crippen molar-refractivity contribution in [3.8, 4) is 11.6 Å². The smallest absolute Gasteiger partial charge is 0.246 e. The molecule has 3 rings (SSSR count). The summed E-state index contributed by atoms with van der Waals surface area (Å²) >= 11 is 0. The van der Waals surface area contributed by atoms with Crippen molar-refractivity contribution in [3.05, 3.63) is 41.9 Å². The molecule has 1 atom stereocenters. The SMILES string of the molecule is CCOc1ccccc1S(=O)(=O)N1CCCC(Oc2cc(C)nc(C)n2)C1. The largest absolute Gasteiger partial charge is 0.492 e. The predicted octanol–water partition coefficient (Wildman–Crippen LogP) is 2.72. The lowest BCUT2D eigenvalue weighted by Crippen LogP contribution is -2.44. The first-order valence-corrected chi connectivity index (χ1v) is 10.5. The normalized spacial score (nSPS) is 18.3. The Morgan fingerprint density at radius 2 is 2.00 bits per heavy atom. The quantitative estimate of drug-likeness (QED) is 0.753. The van der Waals surface area contributed by atoms with Gasteiger partial charge in [-0.2, -0.15) is 9.29 Å². The van der Waals surface area contributed by atoms with E-state index in [1.54, 1.807) is 30.3 Å². The van der Waals surface area contributed by atoms with Crippen LogP contribution in [0.25, 0.3) is 0 Å². The summed E-state index contributed by atoms with van der Waals surface area (Å²) in [6.45, 7) is 6.67. The van der Waals surface area contributed by atoms with Gasteiger partial charge < -0.3 is 9.47 Å². The molecule has 0 N–H and O–H groups in total. The summed E-state index contributed by atoms with van der Waals surface area (Å²) in [6, 6.07) is 8.51. The molecule has 27 heavy (non-hydrogen) atoms. The molecule has 0 aliphatic carbocycles. The third-order valence-electron chi connectivity index (χ3n) is 4.34. The average molecular weight is 391 g/mol. The number of nitrogens with zero attached hydrogens (tertiary/aromatic N) is 3. The molecule has 1 aliphatic rings. The Labute approximate surface area is 160 Å². The van der Waals surface area contributed by atoms with Crippen molar-refractivity contribution in [2.75, 3.05) is 19.7 Å². The van der Waals surface area contributed by atoms with Gasteiger partial charge in [-0.05, 0) is 45.7 Å². The first kappa shape index (κ1) is 19.6. The molecule has 0 saturated carbocycles. The molecule has 0 radical (unpaired) electrons. The van der Waals surface area contributed by atoms with E-state index in [2.05, 4.69) is 9.97 Å². The van der Waals surface area contributed by atoms with Gasteiger partial charge in [0.1, 0.15) is 22.6 Å². The van der Waals surface area contributed by atoms with E-state index in [4.69, 9.17) is 9.47 Å². The summed E-state index contributed by atoms with van der Waals surface area (Å²) in [5.74, 6) is 1.50. The maximum Gasteiger partial charge on any atom is 0.246 e. The second kappa shape index (κ2) is 8.22. The second-order valence-corrected chi connectivity index (χ2v) is 8.43. The van der Waals surface area contributed by atoms with E-state index < -0.39 is 10.0 Å². The summed E-state index contributed by atoms with van der Waals surface area (Å²) in [4.78, 5) is 8.72. The van der Waals surface area contributed by atoms with E-state index in [1.807, 2.05) is 20.8 Å². The van der Waals surface area contributed by atoms with E-state index in [0.29, 0.717) is 30.6 Å². The predicted molar refractivity (Wildman–Crippen MR) is 102 cm³/mol. The number of ether oxygens (including phenoxy) is 2. The zero-order valence-electron chi connectivity index (χ0n) is 15.9. The zero-order chi connectivity index (χ0) is 19.4. The van der Waals surface area contributed by atoms with Crippen molar-refractivity contribution in [1.82, 2.24) is 14.3 Å². The second-order valence-electron chi connectivity index (χ2n) is 6.52. The highest BCUT2D eigenvalue weighted by molar-refractivity contribution is 7.89. The minimum Gasteiger partial charge on any atom is -0.492 e. The van der Waals surface area contributed by atoms with Crippen LogP contribution in [-0.4, -0.2) is 48.5 Å². The molecule has 2 heterocycles. The van der Waals surface area contributed by atoms with Gasteiger partial charge in [-0.25, -0.2) is 13.4 Å². The number of sulfonamides is 1. The standard InChI is InChI=1S/C19H25N3O4S/c1-4-25-17-9-5-6-10-18(17)27(23,24)22-11-7-8-16(13-22)26-19-12-14(2)20-15(3)21-19/h5-6,9-10,12,16H,4,7-8,11,13H2,1-3H3.